The number of nitrogens with one attached hydrogen (secondary N) is 1. The van der Waals surface area contributed by atoms with Gasteiger partial charge in [-0.1, -0.05) is 71.3 Å². The van der Waals surface area contributed by atoms with E-state index in [1.807, 2.05) is 56.3 Å². The summed E-state index contributed by atoms with van der Waals surface area (Å²) in [6, 6.07) is 16.5. The molecule has 0 bridgehead atoms. The highest BCUT2D eigenvalue weighted by Gasteiger charge is 2.18. The van der Waals surface area contributed by atoms with Gasteiger partial charge in [-0.15, -0.1) is 0 Å². The van der Waals surface area contributed by atoms with Gasteiger partial charge >= 0.3 is 0 Å². The Balaban J connectivity index is 1.64. The van der Waals surface area contributed by atoms with Crippen LogP contribution in [0.15, 0.2) is 68.4 Å². The Morgan fingerprint density at radius 1 is 1.16 bits per heavy atom. The number of nitrogens with zero attached hydrogens (tertiary/aromatic N) is 3. The minimum atomic E-state index is -0.311. The molecular weight excluding hydrogens is 460 g/mol. The fourth-order valence-electron chi connectivity index (χ4n) is 3.29. The maximum atomic E-state index is 12.9. The highest BCUT2D eigenvalue weighted by Crippen LogP contribution is 2.27. The number of fused-ring (bicyclic) bond motifs is 1. The SMILES string of the molecule is CC(C)c1noc(-c2cc(=O)n(CC(=O)NCc3ccccc3Br)c3ccccc23)n1. The highest BCUT2D eigenvalue weighted by molar-refractivity contribution is 9.10. The molecule has 2 heterocycles. The van der Waals surface area contributed by atoms with Gasteiger partial charge in [-0.2, -0.15) is 4.98 Å². The number of para-hydroxylation sites is 1. The van der Waals surface area contributed by atoms with E-state index in [9.17, 15) is 9.59 Å². The van der Waals surface area contributed by atoms with Crippen LogP contribution in [0.4, 0.5) is 0 Å². The molecule has 158 valence electrons. The maximum Gasteiger partial charge on any atom is 0.258 e. The van der Waals surface area contributed by atoms with Crippen LogP contribution in [0.25, 0.3) is 22.4 Å². The van der Waals surface area contributed by atoms with Crippen molar-refractivity contribution in [3.8, 4) is 11.5 Å². The number of hydrogen-bond donors (Lipinski definition) is 1. The molecule has 0 aliphatic carbocycles. The van der Waals surface area contributed by atoms with E-state index in [0.29, 0.717) is 29.3 Å². The second-order valence-electron chi connectivity index (χ2n) is 7.48. The molecule has 4 rings (SSSR count). The molecular formula is C23H21BrN4O3. The summed E-state index contributed by atoms with van der Waals surface area (Å²) in [7, 11) is 0. The summed E-state index contributed by atoms with van der Waals surface area (Å²) in [5, 5.41) is 7.63. The molecule has 0 unspecified atom stereocenters. The number of amides is 1. The standard InChI is InChI=1S/C23H21BrN4O3/c1-14(2)22-26-23(31-27-22)17-11-21(30)28(19-10-6-4-8-16(17)19)13-20(29)25-12-15-7-3-5-9-18(15)24/h3-11,14H,12-13H2,1-2H3,(H,25,29). The number of halogens is 1. The van der Waals surface area contributed by atoms with Gasteiger partial charge in [0.25, 0.3) is 11.4 Å². The third-order valence-corrected chi connectivity index (χ3v) is 5.72. The fourth-order valence-corrected chi connectivity index (χ4v) is 3.71. The molecule has 1 amide bonds. The zero-order valence-electron chi connectivity index (χ0n) is 17.1. The first-order valence-electron chi connectivity index (χ1n) is 9.90. The van der Waals surface area contributed by atoms with Gasteiger partial charge in [0, 0.05) is 28.4 Å². The van der Waals surface area contributed by atoms with E-state index in [1.165, 1.54) is 10.6 Å². The first-order chi connectivity index (χ1) is 14.9. The molecule has 4 aromatic rings. The molecule has 31 heavy (non-hydrogen) atoms. The Labute approximate surface area is 187 Å². The summed E-state index contributed by atoms with van der Waals surface area (Å²) >= 11 is 3.47. The van der Waals surface area contributed by atoms with Crippen LogP contribution in [0.1, 0.15) is 31.2 Å². The summed E-state index contributed by atoms with van der Waals surface area (Å²) in [5.74, 6) is 0.727. The number of rotatable bonds is 6. The normalized spacial score (nSPS) is 11.2. The molecule has 0 aliphatic rings. The van der Waals surface area contributed by atoms with Crippen LogP contribution in [0.2, 0.25) is 0 Å². The minimum Gasteiger partial charge on any atom is -0.350 e. The Hall–Kier alpha value is -3.26. The lowest BCUT2D eigenvalue weighted by Gasteiger charge is -2.13. The fraction of sp³-hybridized carbons (Fsp3) is 0.217. The zero-order chi connectivity index (χ0) is 22.0. The van der Waals surface area contributed by atoms with Gasteiger partial charge in [-0.25, -0.2) is 0 Å². The van der Waals surface area contributed by atoms with Gasteiger partial charge in [0.2, 0.25) is 5.91 Å². The van der Waals surface area contributed by atoms with Crippen LogP contribution in [-0.2, 0) is 17.9 Å². The molecule has 7 nitrogen and oxygen atoms in total. The van der Waals surface area contributed by atoms with Crippen molar-refractivity contribution in [2.45, 2.75) is 32.9 Å². The molecule has 2 aromatic carbocycles. The topological polar surface area (TPSA) is 90.0 Å². The molecule has 2 aromatic heterocycles. The predicted octanol–water partition coefficient (Wildman–Crippen LogP) is 4.25. The van der Waals surface area contributed by atoms with Crippen LogP contribution in [0, 0.1) is 0 Å². The van der Waals surface area contributed by atoms with Gasteiger partial charge in [0.05, 0.1) is 11.1 Å². The first-order valence-corrected chi connectivity index (χ1v) is 10.7. The molecule has 0 atom stereocenters. The van der Waals surface area contributed by atoms with Crippen LogP contribution >= 0.6 is 15.9 Å². The Morgan fingerprint density at radius 3 is 2.65 bits per heavy atom. The second kappa shape index (κ2) is 8.85. The van der Waals surface area contributed by atoms with Crippen LogP contribution in [-0.4, -0.2) is 20.6 Å². The predicted molar refractivity (Wildman–Crippen MR) is 122 cm³/mol. The van der Waals surface area contributed by atoms with E-state index in [2.05, 4.69) is 31.4 Å². The molecule has 8 heteroatoms. The van der Waals surface area contributed by atoms with Crippen LogP contribution < -0.4 is 10.9 Å². The first kappa shape index (κ1) is 21.0. The number of hydrogen-bond acceptors (Lipinski definition) is 5. The van der Waals surface area contributed by atoms with E-state index in [-0.39, 0.29) is 23.9 Å². The number of benzene rings is 2. The summed E-state index contributed by atoms with van der Waals surface area (Å²) in [5.41, 5.74) is 1.84. The van der Waals surface area contributed by atoms with Crippen molar-refractivity contribution in [3.63, 3.8) is 0 Å². The summed E-state index contributed by atoms with van der Waals surface area (Å²) in [6.45, 7) is 4.21. The zero-order valence-corrected chi connectivity index (χ0v) is 18.7. The van der Waals surface area contributed by atoms with Crippen molar-refractivity contribution in [2.75, 3.05) is 0 Å². The van der Waals surface area contributed by atoms with Gasteiger partial charge in [0.15, 0.2) is 5.82 Å². The molecule has 0 aliphatic heterocycles. The second-order valence-corrected chi connectivity index (χ2v) is 8.33. The van der Waals surface area contributed by atoms with E-state index in [4.69, 9.17) is 4.52 Å². The minimum absolute atomic E-state index is 0.0921. The monoisotopic (exact) mass is 480 g/mol. The molecule has 0 saturated carbocycles. The van der Waals surface area contributed by atoms with E-state index in [0.717, 1.165) is 15.4 Å². The molecule has 0 fully saturated rings. The third kappa shape index (κ3) is 4.44. The largest absolute Gasteiger partial charge is 0.350 e. The smallest absolute Gasteiger partial charge is 0.258 e. The molecule has 1 N–H and O–H groups in total. The van der Waals surface area contributed by atoms with Crippen molar-refractivity contribution < 1.29 is 9.32 Å². The van der Waals surface area contributed by atoms with E-state index in [1.54, 1.807) is 6.07 Å². The van der Waals surface area contributed by atoms with Crippen LogP contribution in [0.5, 0.6) is 0 Å². The summed E-state index contributed by atoms with van der Waals surface area (Å²) in [4.78, 5) is 29.9. The quantitative estimate of drug-likeness (QED) is 0.445. The van der Waals surface area contributed by atoms with Gasteiger partial charge in [-0.05, 0) is 17.7 Å². The average Bonchev–Trinajstić information content (AvgIpc) is 3.25. The van der Waals surface area contributed by atoms with Gasteiger partial charge < -0.3 is 9.84 Å². The van der Waals surface area contributed by atoms with Crippen LogP contribution in [0.3, 0.4) is 0 Å². The molecule has 0 radical (unpaired) electrons. The van der Waals surface area contributed by atoms with Crippen molar-refractivity contribution in [3.05, 3.63) is 80.8 Å². The third-order valence-electron chi connectivity index (χ3n) is 4.94. The Morgan fingerprint density at radius 2 is 1.90 bits per heavy atom. The van der Waals surface area contributed by atoms with E-state index < -0.39 is 0 Å². The van der Waals surface area contributed by atoms with Crippen molar-refractivity contribution in [1.82, 2.24) is 20.0 Å². The maximum absolute atomic E-state index is 12.9. The number of carbonyl (C=O) groups excluding carboxylic acids is 1. The summed E-state index contributed by atoms with van der Waals surface area (Å²) in [6.07, 6.45) is 0. The van der Waals surface area contributed by atoms with Gasteiger partial charge in [-0.3, -0.25) is 14.2 Å². The Bertz CT molecular complexity index is 1310. The van der Waals surface area contributed by atoms with E-state index >= 15 is 0 Å². The number of aromatic nitrogens is 3. The lowest BCUT2D eigenvalue weighted by molar-refractivity contribution is -0.121. The number of pyridine rings is 1. The van der Waals surface area contributed by atoms with Gasteiger partial charge in [0.1, 0.15) is 6.54 Å². The molecule has 0 spiro atoms. The summed E-state index contributed by atoms with van der Waals surface area (Å²) < 4.78 is 7.77. The van der Waals surface area contributed by atoms with Crippen molar-refractivity contribution >= 4 is 32.7 Å². The number of carbonyl (C=O) groups is 1. The highest BCUT2D eigenvalue weighted by atomic mass is 79.9. The van der Waals surface area contributed by atoms with Crippen molar-refractivity contribution in [1.29, 1.82) is 0 Å². The molecule has 0 saturated heterocycles. The average molecular weight is 481 g/mol. The lowest BCUT2D eigenvalue weighted by Crippen LogP contribution is -2.32. The lowest BCUT2D eigenvalue weighted by atomic mass is 10.1. The Kier molecular flexibility index (Phi) is 5.99. The van der Waals surface area contributed by atoms with Crippen molar-refractivity contribution in [2.24, 2.45) is 0 Å².